The van der Waals surface area contributed by atoms with Crippen molar-refractivity contribution in [3.8, 4) is 0 Å². The minimum absolute atomic E-state index is 0.292. The Morgan fingerprint density at radius 1 is 1.36 bits per heavy atom. The molecular formula is C12H16O2. The molecule has 0 aromatic heterocycles. The van der Waals surface area contributed by atoms with E-state index in [1.807, 2.05) is 24.3 Å². The van der Waals surface area contributed by atoms with E-state index in [0.717, 1.165) is 18.3 Å². The molecule has 0 saturated heterocycles. The highest BCUT2D eigenvalue weighted by Crippen LogP contribution is 2.06. The summed E-state index contributed by atoms with van der Waals surface area (Å²) in [6.07, 6.45) is 2.16. The second-order valence-electron chi connectivity index (χ2n) is 3.39. The normalized spacial score (nSPS) is 12.4. The number of ether oxygens (including phenoxy) is 1. The van der Waals surface area contributed by atoms with Crippen molar-refractivity contribution in [1.29, 1.82) is 0 Å². The van der Waals surface area contributed by atoms with E-state index in [9.17, 15) is 4.79 Å². The molecule has 0 N–H and O–H groups in total. The first-order chi connectivity index (χ1) is 6.76. The summed E-state index contributed by atoms with van der Waals surface area (Å²) in [5.74, 6) is 0. The molecule has 2 heteroatoms. The quantitative estimate of drug-likeness (QED) is 0.670. The second kappa shape index (κ2) is 5.55. The molecule has 1 atom stereocenters. The van der Waals surface area contributed by atoms with Crippen molar-refractivity contribution < 1.29 is 9.53 Å². The third-order valence-corrected chi connectivity index (χ3v) is 2.23. The van der Waals surface area contributed by atoms with Gasteiger partial charge in [-0.3, -0.25) is 4.79 Å². The molecule has 0 saturated carbocycles. The summed E-state index contributed by atoms with van der Waals surface area (Å²) < 4.78 is 5.56. The van der Waals surface area contributed by atoms with Gasteiger partial charge in [0.15, 0.2) is 0 Å². The molecular weight excluding hydrogens is 176 g/mol. The molecule has 1 aromatic rings. The number of hydrogen-bond acceptors (Lipinski definition) is 2. The number of carbonyl (C=O) groups is 1. The first-order valence-corrected chi connectivity index (χ1v) is 4.92. The van der Waals surface area contributed by atoms with Crippen molar-refractivity contribution >= 4 is 6.29 Å². The zero-order valence-electron chi connectivity index (χ0n) is 8.69. The summed E-state index contributed by atoms with van der Waals surface area (Å²) >= 11 is 0. The van der Waals surface area contributed by atoms with Crippen LogP contribution >= 0.6 is 0 Å². The second-order valence-corrected chi connectivity index (χ2v) is 3.39. The van der Waals surface area contributed by atoms with Gasteiger partial charge in [0.05, 0.1) is 12.7 Å². The Labute approximate surface area is 84.9 Å². The van der Waals surface area contributed by atoms with Gasteiger partial charge in [0.1, 0.15) is 6.29 Å². The van der Waals surface area contributed by atoms with Crippen molar-refractivity contribution in [3.63, 3.8) is 0 Å². The molecule has 1 rings (SSSR count). The van der Waals surface area contributed by atoms with Gasteiger partial charge in [0.2, 0.25) is 0 Å². The van der Waals surface area contributed by atoms with E-state index in [-0.39, 0.29) is 0 Å². The molecule has 0 radical (unpaired) electrons. The Morgan fingerprint density at radius 2 is 2.00 bits per heavy atom. The summed E-state index contributed by atoms with van der Waals surface area (Å²) in [5.41, 5.74) is 1.81. The van der Waals surface area contributed by atoms with Gasteiger partial charge in [0.25, 0.3) is 0 Å². The number of carbonyl (C=O) groups excluding carboxylic acids is 1. The molecule has 0 bridgehead atoms. The lowest BCUT2D eigenvalue weighted by atomic mass is 10.1. The first-order valence-electron chi connectivity index (χ1n) is 4.92. The average Bonchev–Trinajstić information content (AvgIpc) is 2.26. The lowest BCUT2D eigenvalue weighted by molar-refractivity contribution is 0.0508. The van der Waals surface area contributed by atoms with Crippen LogP contribution in [0.1, 0.15) is 36.2 Å². The fraction of sp³-hybridized carbons (Fsp3) is 0.417. The summed E-state index contributed by atoms with van der Waals surface area (Å²) in [5, 5.41) is 0. The molecule has 0 spiro atoms. The highest BCUT2D eigenvalue weighted by Gasteiger charge is 1.99. The van der Waals surface area contributed by atoms with Gasteiger partial charge in [-0.2, -0.15) is 0 Å². The van der Waals surface area contributed by atoms with Gasteiger partial charge >= 0.3 is 0 Å². The zero-order chi connectivity index (χ0) is 10.4. The lowest BCUT2D eigenvalue weighted by Crippen LogP contribution is -2.05. The number of rotatable bonds is 5. The van der Waals surface area contributed by atoms with E-state index in [2.05, 4.69) is 13.8 Å². The zero-order valence-corrected chi connectivity index (χ0v) is 8.69. The molecule has 0 aliphatic rings. The van der Waals surface area contributed by atoms with E-state index in [1.165, 1.54) is 0 Å². The predicted octanol–water partition coefficient (Wildman–Crippen LogP) is 2.81. The molecule has 0 aliphatic heterocycles. The SMILES string of the molecule is CC[C@@H](C)OCc1ccc(C=O)cc1. The number of benzene rings is 1. The molecule has 0 heterocycles. The van der Waals surface area contributed by atoms with Gasteiger partial charge in [0, 0.05) is 5.56 Å². The van der Waals surface area contributed by atoms with Crippen LogP contribution in [0.15, 0.2) is 24.3 Å². The van der Waals surface area contributed by atoms with Gasteiger partial charge < -0.3 is 4.74 Å². The van der Waals surface area contributed by atoms with Crippen LogP contribution in [0.4, 0.5) is 0 Å². The van der Waals surface area contributed by atoms with Crippen LogP contribution in [0.5, 0.6) is 0 Å². The molecule has 0 unspecified atom stereocenters. The Morgan fingerprint density at radius 3 is 2.50 bits per heavy atom. The predicted molar refractivity (Wildman–Crippen MR) is 56.4 cm³/mol. The van der Waals surface area contributed by atoms with Crippen molar-refractivity contribution in [2.24, 2.45) is 0 Å². The van der Waals surface area contributed by atoms with Crippen molar-refractivity contribution in [3.05, 3.63) is 35.4 Å². The summed E-state index contributed by atoms with van der Waals surface area (Å²) in [4.78, 5) is 10.4. The standard InChI is InChI=1S/C12H16O2/c1-3-10(2)14-9-12-6-4-11(8-13)5-7-12/h4-8,10H,3,9H2,1-2H3/t10-/m1/s1. The highest BCUT2D eigenvalue weighted by molar-refractivity contribution is 5.74. The molecule has 1 aromatic carbocycles. The fourth-order valence-electron chi connectivity index (χ4n) is 1.05. The lowest BCUT2D eigenvalue weighted by Gasteiger charge is -2.10. The van der Waals surface area contributed by atoms with Crippen LogP contribution in [0.2, 0.25) is 0 Å². The largest absolute Gasteiger partial charge is 0.374 e. The van der Waals surface area contributed by atoms with Crippen LogP contribution in [0, 0.1) is 0 Å². The molecule has 2 nitrogen and oxygen atoms in total. The summed E-state index contributed by atoms with van der Waals surface area (Å²) in [6.45, 7) is 4.77. The first kappa shape index (κ1) is 10.9. The smallest absolute Gasteiger partial charge is 0.150 e. The monoisotopic (exact) mass is 192 g/mol. The number of aldehydes is 1. The van der Waals surface area contributed by atoms with E-state index >= 15 is 0 Å². The van der Waals surface area contributed by atoms with Gasteiger partial charge in [-0.15, -0.1) is 0 Å². The molecule has 76 valence electrons. The van der Waals surface area contributed by atoms with Crippen LogP contribution in [0.25, 0.3) is 0 Å². The molecule has 0 fully saturated rings. The molecule has 0 aliphatic carbocycles. The maximum absolute atomic E-state index is 10.4. The Balaban J connectivity index is 2.47. The van der Waals surface area contributed by atoms with Crippen LogP contribution in [0.3, 0.4) is 0 Å². The van der Waals surface area contributed by atoms with E-state index in [4.69, 9.17) is 4.74 Å². The summed E-state index contributed by atoms with van der Waals surface area (Å²) in [7, 11) is 0. The Kier molecular flexibility index (Phi) is 4.33. The van der Waals surface area contributed by atoms with E-state index in [1.54, 1.807) is 0 Å². The van der Waals surface area contributed by atoms with E-state index in [0.29, 0.717) is 18.3 Å². The van der Waals surface area contributed by atoms with Crippen LogP contribution in [-0.4, -0.2) is 12.4 Å². The average molecular weight is 192 g/mol. The third kappa shape index (κ3) is 3.30. The minimum atomic E-state index is 0.292. The van der Waals surface area contributed by atoms with Gasteiger partial charge in [-0.05, 0) is 18.9 Å². The highest BCUT2D eigenvalue weighted by atomic mass is 16.5. The van der Waals surface area contributed by atoms with Gasteiger partial charge in [-0.25, -0.2) is 0 Å². The maximum atomic E-state index is 10.4. The third-order valence-electron chi connectivity index (χ3n) is 2.23. The topological polar surface area (TPSA) is 26.3 Å². The molecule has 0 amide bonds. The minimum Gasteiger partial charge on any atom is -0.374 e. The molecule has 14 heavy (non-hydrogen) atoms. The van der Waals surface area contributed by atoms with Crippen LogP contribution < -0.4 is 0 Å². The van der Waals surface area contributed by atoms with Crippen LogP contribution in [-0.2, 0) is 11.3 Å². The number of hydrogen-bond donors (Lipinski definition) is 0. The summed E-state index contributed by atoms with van der Waals surface area (Å²) in [6, 6.07) is 7.46. The van der Waals surface area contributed by atoms with Crippen molar-refractivity contribution in [1.82, 2.24) is 0 Å². The van der Waals surface area contributed by atoms with E-state index < -0.39 is 0 Å². The Bertz CT molecular complexity index is 277. The maximum Gasteiger partial charge on any atom is 0.150 e. The fourth-order valence-corrected chi connectivity index (χ4v) is 1.05. The Hall–Kier alpha value is -1.15. The van der Waals surface area contributed by atoms with Crippen molar-refractivity contribution in [2.45, 2.75) is 33.0 Å². The van der Waals surface area contributed by atoms with Crippen molar-refractivity contribution in [2.75, 3.05) is 0 Å². The van der Waals surface area contributed by atoms with Gasteiger partial charge in [-0.1, -0.05) is 31.2 Å².